The van der Waals surface area contributed by atoms with Crippen LogP contribution in [0.5, 0.6) is 0 Å². The minimum Gasteiger partial charge on any atom is -0.366 e. The Morgan fingerprint density at radius 2 is 2.12 bits per heavy atom. The Labute approximate surface area is 97.5 Å². The number of hydrazine groups is 1. The van der Waals surface area contributed by atoms with Crippen LogP contribution in [0.15, 0.2) is 6.33 Å². The number of anilines is 2. The number of hydrogen-bond acceptors (Lipinski definition) is 6. The molecule has 0 amide bonds. The number of hydrogen-bond donors (Lipinski definition) is 3. The molecule has 4 N–H and O–H groups in total. The van der Waals surface area contributed by atoms with Crippen LogP contribution in [0.25, 0.3) is 0 Å². The van der Waals surface area contributed by atoms with Crippen LogP contribution in [0.1, 0.15) is 12.5 Å². The van der Waals surface area contributed by atoms with E-state index in [4.69, 9.17) is 5.84 Å². The Morgan fingerprint density at radius 1 is 1.50 bits per heavy atom. The fourth-order valence-electron chi connectivity index (χ4n) is 1.37. The van der Waals surface area contributed by atoms with Crippen molar-refractivity contribution in [2.75, 3.05) is 22.8 Å². The summed E-state index contributed by atoms with van der Waals surface area (Å²) in [7, 11) is -0.829. The van der Waals surface area contributed by atoms with E-state index in [1.165, 1.54) is 6.33 Å². The van der Waals surface area contributed by atoms with Gasteiger partial charge in [-0.1, -0.05) is 0 Å². The highest BCUT2D eigenvalue weighted by molar-refractivity contribution is 7.84. The van der Waals surface area contributed by atoms with Crippen LogP contribution in [0, 0.1) is 6.92 Å². The summed E-state index contributed by atoms with van der Waals surface area (Å²) in [5, 5.41) is 3.18. The lowest BCUT2D eigenvalue weighted by Crippen LogP contribution is -2.24. The van der Waals surface area contributed by atoms with Crippen LogP contribution in [0.2, 0.25) is 0 Å². The van der Waals surface area contributed by atoms with E-state index in [9.17, 15) is 4.21 Å². The van der Waals surface area contributed by atoms with Gasteiger partial charge < -0.3 is 10.7 Å². The van der Waals surface area contributed by atoms with Gasteiger partial charge in [-0.3, -0.25) is 4.21 Å². The van der Waals surface area contributed by atoms with E-state index in [-0.39, 0.29) is 6.04 Å². The summed E-state index contributed by atoms with van der Waals surface area (Å²) < 4.78 is 11.1. The van der Waals surface area contributed by atoms with Gasteiger partial charge >= 0.3 is 0 Å². The van der Waals surface area contributed by atoms with Gasteiger partial charge in [-0.25, -0.2) is 15.8 Å². The van der Waals surface area contributed by atoms with Crippen LogP contribution in [-0.4, -0.2) is 32.2 Å². The van der Waals surface area contributed by atoms with Gasteiger partial charge in [-0.2, -0.15) is 0 Å². The highest BCUT2D eigenvalue weighted by Gasteiger charge is 2.09. The van der Waals surface area contributed by atoms with Crippen LogP contribution >= 0.6 is 0 Å². The third-order valence-electron chi connectivity index (χ3n) is 2.09. The number of nitrogens with two attached hydrogens (primary N) is 1. The van der Waals surface area contributed by atoms with Gasteiger partial charge in [0.25, 0.3) is 0 Å². The molecule has 2 atom stereocenters. The first-order valence-corrected chi connectivity index (χ1v) is 6.62. The highest BCUT2D eigenvalue weighted by atomic mass is 32.2. The fourth-order valence-corrected chi connectivity index (χ4v) is 2.16. The maximum absolute atomic E-state index is 11.1. The maximum Gasteiger partial charge on any atom is 0.148 e. The Balaban J connectivity index is 2.77. The Hall–Kier alpha value is -1.21. The van der Waals surface area contributed by atoms with Crippen LogP contribution in [-0.2, 0) is 10.8 Å². The largest absolute Gasteiger partial charge is 0.366 e. The molecule has 0 bridgehead atoms. The van der Waals surface area contributed by atoms with Crippen molar-refractivity contribution >= 4 is 22.4 Å². The molecule has 0 aromatic carbocycles. The van der Waals surface area contributed by atoms with Gasteiger partial charge in [-0.05, 0) is 13.8 Å². The summed E-state index contributed by atoms with van der Waals surface area (Å²) in [6.07, 6.45) is 3.11. The first-order chi connectivity index (χ1) is 7.54. The van der Waals surface area contributed by atoms with Crippen molar-refractivity contribution < 1.29 is 4.21 Å². The van der Waals surface area contributed by atoms with Crippen molar-refractivity contribution in [2.45, 2.75) is 19.9 Å². The molecular formula is C9H17N5OS. The lowest BCUT2D eigenvalue weighted by atomic mass is 10.3. The first kappa shape index (κ1) is 12.9. The first-order valence-electron chi connectivity index (χ1n) is 4.89. The van der Waals surface area contributed by atoms with Crippen LogP contribution in [0.4, 0.5) is 11.6 Å². The summed E-state index contributed by atoms with van der Waals surface area (Å²) in [6.45, 7) is 3.83. The molecule has 1 aromatic heterocycles. The second-order valence-electron chi connectivity index (χ2n) is 3.63. The molecule has 0 aliphatic rings. The lowest BCUT2D eigenvalue weighted by molar-refractivity contribution is 0.682. The molecule has 90 valence electrons. The number of nitrogens with one attached hydrogen (secondary N) is 2. The minimum absolute atomic E-state index is 0.0880. The number of rotatable bonds is 5. The number of nitrogen functional groups attached to an aromatic ring is 1. The standard InChI is InChI=1S/C9H17N5OS/c1-6(4-16(3)15)13-8-7(2)9(14-10)12-5-11-8/h5-6H,4,10H2,1-3H3,(H2,11,12,13,14). The van der Waals surface area contributed by atoms with Crippen LogP contribution < -0.4 is 16.6 Å². The molecule has 16 heavy (non-hydrogen) atoms. The maximum atomic E-state index is 11.1. The molecule has 0 saturated carbocycles. The topological polar surface area (TPSA) is 92.9 Å². The van der Waals surface area contributed by atoms with Crippen molar-refractivity contribution in [1.29, 1.82) is 0 Å². The smallest absolute Gasteiger partial charge is 0.148 e. The molecule has 6 nitrogen and oxygen atoms in total. The normalized spacial score (nSPS) is 14.2. The predicted octanol–water partition coefficient (Wildman–Crippen LogP) is 0.250. The van der Waals surface area contributed by atoms with Crippen molar-refractivity contribution in [3.8, 4) is 0 Å². The van der Waals surface area contributed by atoms with E-state index in [1.807, 2.05) is 13.8 Å². The minimum atomic E-state index is -0.829. The SMILES string of the molecule is Cc1c(NN)ncnc1NC(C)CS(C)=O. The van der Waals surface area contributed by atoms with Crippen molar-refractivity contribution in [1.82, 2.24) is 9.97 Å². The average molecular weight is 243 g/mol. The lowest BCUT2D eigenvalue weighted by Gasteiger charge is -2.15. The molecule has 7 heteroatoms. The molecular weight excluding hydrogens is 226 g/mol. The van der Waals surface area contributed by atoms with Gasteiger partial charge in [0, 0.05) is 34.4 Å². The molecule has 1 rings (SSSR count). The molecule has 0 spiro atoms. The Morgan fingerprint density at radius 3 is 2.69 bits per heavy atom. The van der Waals surface area contributed by atoms with E-state index in [0.717, 1.165) is 5.56 Å². The predicted molar refractivity (Wildman–Crippen MR) is 66.6 cm³/mol. The summed E-state index contributed by atoms with van der Waals surface area (Å²) in [4.78, 5) is 8.10. The van der Waals surface area contributed by atoms with Gasteiger partial charge in [-0.15, -0.1) is 0 Å². The number of aromatic nitrogens is 2. The van der Waals surface area contributed by atoms with Gasteiger partial charge in [0.05, 0.1) is 0 Å². The van der Waals surface area contributed by atoms with Gasteiger partial charge in [0.15, 0.2) is 0 Å². The molecule has 1 heterocycles. The highest BCUT2D eigenvalue weighted by Crippen LogP contribution is 2.17. The summed E-state index contributed by atoms with van der Waals surface area (Å²) >= 11 is 0. The third-order valence-corrected chi connectivity index (χ3v) is 3.06. The molecule has 1 aromatic rings. The zero-order chi connectivity index (χ0) is 12.1. The fraction of sp³-hybridized carbons (Fsp3) is 0.556. The number of nitrogens with zero attached hydrogens (tertiary/aromatic N) is 2. The molecule has 0 fully saturated rings. The van der Waals surface area contributed by atoms with Crippen molar-refractivity contribution in [2.24, 2.45) is 5.84 Å². The molecule has 2 unspecified atom stereocenters. The van der Waals surface area contributed by atoms with Crippen LogP contribution in [0.3, 0.4) is 0 Å². The van der Waals surface area contributed by atoms with E-state index in [0.29, 0.717) is 17.4 Å². The summed E-state index contributed by atoms with van der Waals surface area (Å²) in [5.41, 5.74) is 3.34. The van der Waals surface area contributed by atoms with E-state index in [1.54, 1.807) is 6.26 Å². The van der Waals surface area contributed by atoms with Crippen molar-refractivity contribution in [3.05, 3.63) is 11.9 Å². The molecule has 0 saturated heterocycles. The van der Waals surface area contributed by atoms with Gasteiger partial charge in [0.1, 0.15) is 18.0 Å². The van der Waals surface area contributed by atoms with Crippen molar-refractivity contribution in [3.63, 3.8) is 0 Å². The van der Waals surface area contributed by atoms with E-state index >= 15 is 0 Å². The summed E-state index contributed by atoms with van der Waals surface area (Å²) in [6, 6.07) is 0.0880. The Bertz CT molecular complexity index is 384. The second kappa shape index (κ2) is 5.76. The quantitative estimate of drug-likeness (QED) is 0.507. The van der Waals surface area contributed by atoms with Gasteiger partial charge in [0.2, 0.25) is 0 Å². The monoisotopic (exact) mass is 243 g/mol. The molecule has 0 radical (unpaired) electrons. The average Bonchev–Trinajstić information content (AvgIpc) is 2.20. The van der Waals surface area contributed by atoms with E-state index in [2.05, 4.69) is 20.7 Å². The molecule has 0 aliphatic carbocycles. The molecule has 0 aliphatic heterocycles. The zero-order valence-electron chi connectivity index (χ0n) is 9.65. The summed E-state index contributed by atoms with van der Waals surface area (Å²) in [5.74, 6) is 7.19. The zero-order valence-corrected chi connectivity index (χ0v) is 10.5. The third kappa shape index (κ3) is 3.42. The Kier molecular flexibility index (Phi) is 4.63. The van der Waals surface area contributed by atoms with E-state index < -0.39 is 10.8 Å². The second-order valence-corrected chi connectivity index (χ2v) is 5.11.